The van der Waals surface area contributed by atoms with Gasteiger partial charge in [0.25, 0.3) is 5.69 Å². The van der Waals surface area contributed by atoms with Gasteiger partial charge in [-0.15, -0.1) is 0 Å². The van der Waals surface area contributed by atoms with E-state index in [-0.39, 0.29) is 21.9 Å². The van der Waals surface area contributed by atoms with Crippen LogP contribution >= 0.6 is 0 Å². The third-order valence-electron chi connectivity index (χ3n) is 3.00. The van der Waals surface area contributed by atoms with E-state index >= 15 is 0 Å². The molecule has 0 heterocycles. The fourth-order valence-corrected chi connectivity index (χ4v) is 3.19. The lowest BCUT2D eigenvalue weighted by atomic mass is 10.2. The number of carbonyl (C=O) groups excluding carboxylic acids is 1. The minimum absolute atomic E-state index is 0.0517. The highest BCUT2D eigenvalue weighted by molar-refractivity contribution is 7.90. The van der Waals surface area contributed by atoms with Gasteiger partial charge in [0.15, 0.2) is 9.84 Å². The van der Waals surface area contributed by atoms with Gasteiger partial charge in [0.2, 0.25) is 5.91 Å². The van der Waals surface area contributed by atoms with Crippen LogP contribution in [0.15, 0.2) is 53.4 Å². The Morgan fingerprint density at radius 1 is 1.05 bits per heavy atom. The predicted molar refractivity (Wildman–Crippen MR) is 78.9 cm³/mol. The Morgan fingerprint density at radius 3 is 2.05 bits per heavy atom. The van der Waals surface area contributed by atoms with Crippen molar-refractivity contribution < 1.29 is 18.1 Å². The maximum absolute atomic E-state index is 12.3. The van der Waals surface area contributed by atoms with E-state index < -0.39 is 20.7 Å². The van der Waals surface area contributed by atoms with Gasteiger partial charge >= 0.3 is 0 Å². The van der Waals surface area contributed by atoms with Gasteiger partial charge in [0.05, 0.1) is 15.6 Å². The molecule has 0 bridgehead atoms. The van der Waals surface area contributed by atoms with Crippen LogP contribution in [0.2, 0.25) is 0 Å². The molecule has 0 aliphatic heterocycles. The normalized spacial score (nSPS) is 11.1. The van der Waals surface area contributed by atoms with Gasteiger partial charge in [-0.05, 0) is 29.8 Å². The highest BCUT2D eigenvalue weighted by Gasteiger charge is 2.16. The highest BCUT2D eigenvalue weighted by atomic mass is 32.2. The summed E-state index contributed by atoms with van der Waals surface area (Å²) < 4.78 is 24.5. The van der Waals surface area contributed by atoms with Gasteiger partial charge in [0.1, 0.15) is 0 Å². The third-order valence-corrected chi connectivity index (χ3v) is 4.71. The molecule has 0 fully saturated rings. The molecule has 0 spiro atoms. The lowest BCUT2D eigenvalue weighted by Gasteiger charge is -2.05. The summed E-state index contributed by atoms with van der Waals surface area (Å²) in [5.41, 5.74) is 5.64. The molecule has 0 aliphatic rings. The van der Waals surface area contributed by atoms with Crippen LogP contribution < -0.4 is 5.73 Å². The van der Waals surface area contributed by atoms with Crippen LogP contribution in [0.25, 0.3) is 0 Å². The van der Waals surface area contributed by atoms with Crippen LogP contribution in [-0.2, 0) is 15.6 Å². The summed E-state index contributed by atoms with van der Waals surface area (Å²) in [5.74, 6) is -0.930. The Morgan fingerprint density at radius 2 is 1.59 bits per heavy atom. The number of benzene rings is 2. The van der Waals surface area contributed by atoms with Crippen LogP contribution in [0.4, 0.5) is 5.69 Å². The summed E-state index contributed by atoms with van der Waals surface area (Å²) in [4.78, 5) is 21.0. The van der Waals surface area contributed by atoms with Crippen molar-refractivity contribution in [3.8, 4) is 0 Å². The molecule has 0 saturated heterocycles. The fraction of sp³-hybridized carbons (Fsp3) is 0.0714. The quantitative estimate of drug-likeness (QED) is 0.663. The zero-order chi connectivity index (χ0) is 16.3. The minimum atomic E-state index is -3.61. The molecule has 22 heavy (non-hydrogen) atoms. The molecule has 7 nitrogen and oxygen atoms in total. The van der Waals surface area contributed by atoms with Crippen molar-refractivity contribution in [1.29, 1.82) is 0 Å². The number of nitro groups is 1. The van der Waals surface area contributed by atoms with Crippen LogP contribution in [0.5, 0.6) is 0 Å². The first-order valence-corrected chi connectivity index (χ1v) is 7.81. The standard InChI is InChI=1S/C14H12N2O5S/c15-14(17)11-3-7-13(8-4-11)22(20,21)9-10-1-5-12(6-2-10)16(18)19/h1-8H,9H2,(H2,15,17). The van der Waals surface area contributed by atoms with E-state index in [4.69, 9.17) is 5.73 Å². The van der Waals surface area contributed by atoms with Gasteiger partial charge in [-0.25, -0.2) is 8.42 Å². The number of primary amides is 1. The minimum Gasteiger partial charge on any atom is -0.366 e. The molecule has 114 valence electrons. The van der Waals surface area contributed by atoms with E-state index in [1.54, 1.807) is 0 Å². The number of sulfone groups is 1. The maximum Gasteiger partial charge on any atom is 0.269 e. The van der Waals surface area contributed by atoms with Gasteiger partial charge in [0, 0.05) is 17.7 Å². The molecular formula is C14H12N2O5S. The van der Waals surface area contributed by atoms with Gasteiger partial charge in [-0.2, -0.15) is 0 Å². The van der Waals surface area contributed by atoms with Crippen molar-refractivity contribution in [2.24, 2.45) is 5.73 Å². The maximum atomic E-state index is 12.3. The molecule has 0 atom stereocenters. The summed E-state index contributed by atoms with van der Waals surface area (Å²) in [6.07, 6.45) is 0. The number of hydrogen-bond donors (Lipinski definition) is 1. The van der Waals surface area contributed by atoms with Crippen LogP contribution in [-0.4, -0.2) is 19.2 Å². The topological polar surface area (TPSA) is 120 Å². The molecule has 2 aromatic carbocycles. The van der Waals surface area contributed by atoms with Crippen molar-refractivity contribution in [1.82, 2.24) is 0 Å². The van der Waals surface area contributed by atoms with Gasteiger partial charge in [-0.1, -0.05) is 12.1 Å². The number of non-ortho nitro benzene ring substituents is 1. The molecule has 0 aliphatic carbocycles. The zero-order valence-corrected chi connectivity index (χ0v) is 12.1. The van der Waals surface area contributed by atoms with Crippen LogP contribution in [0, 0.1) is 10.1 Å². The number of amides is 1. The largest absolute Gasteiger partial charge is 0.366 e. The van der Waals surface area contributed by atoms with E-state index in [1.807, 2.05) is 0 Å². The van der Waals surface area contributed by atoms with Crippen LogP contribution in [0.1, 0.15) is 15.9 Å². The zero-order valence-electron chi connectivity index (χ0n) is 11.3. The second-order valence-electron chi connectivity index (χ2n) is 4.57. The average molecular weight is 320 g/mol. The average Bonchev–Trinajstić information content (AvgIpc) is 2.47. The van der Waals surface area contributed by atoms with E-state index in [0.717, 1.165) is 0 Å². The Labute approximate surface area is 126 Å². The second-order valence-corrected chi connectivity index (χ2v) is 6.56. The van der Waals surface area contributed by atoms with Crippen molar-refractivity contribution in [3.63, 3.8) is 0 Å². The Balaban J connectivity index is 2.23. The molecule has 0 unspecified atom stereocenters. The summed E-state index contributed by atoms with van der Waals surface area (Å²) >= 11 is 0. The molecule has 8 heteroatoms. The first-order chi connectivity index (χ1) is 10.3. The number of hydrogen-bond acceptors (Lipinski definition) is 5. The van der Waals surface area contributed by atoms with E-state index in [0.29, 0.717) is 5.56 Å². The van der Waals surface area contributed by atoms with Crippen molar-refractivity contribution >= 4 is 21.4 Å². The highest BCUT2D eigenvalue weighted by Crippen LogP contribution is 2.19. The first kappa shape index (κ1) is 15.6. The van der Waals surface area contributed by atoms with E-state index in [2.05, 4.69) is 0 Å². The number of rotatable bonds is 5. The lowest BCUT2D eigenvalue weighted by molar-refractivity contribution is -0.384. The SMILES string of the molecule is NC(=O)c1ccc(S(=O)(=O)Cc2ccc([N+](=O)[O-])cc2)cc1. The molecule has 0 radical (unpaired) electrons. The van der Waals surface area contributed by atoms with E-state index in [9.17, 15) is 23.3 Å². The number of nitrogens with zero attached hydrogens (tertiary/aromatic N) is 1. The molecule has 2 N–H and O–H groups in total. The predicted octanol–water partition coefficient (Wildman–Crippen LogP) is 1.67. The monoisotopic (exact) mass is 320 g/mol. The Hall–Kier alpha value is -2.74. The summed E-state index contributed by atoms with van der Waals surface area (Å²) in [6, 6.07) is 10.6. The fourth-order valence-electron chi connectivity index (χ4n) is 1.84. The van der Waals surface area contributed by atoms with E-state index in [1.165, 1.54) is 48.5 Å². The second kappa shape index (κ2) is 5.94. The molecule has 0 aromatic heterocycles. The number of nitrogens with two attached hydrogens (primary N) is 1. The Bertz CT molecular complexity index is 811. The number of nitro benzene ring substituents is 1. The summed E-state index contributed by atoms with van der Waals surface area (Å²) in [7, 11) is -3.61. The number of carbonyl (C=O) groups is 1. The lowest BCUT2D eigenvalue weighted by Crippen LogP contribution is -2.11. The molecule has 2 aromatic rings. The van der Waals surface area contributed by atoms with Crippen LogP contribution in [0.3, 0.4) is 0 Å². The van der Waals surface area contributed by atoms with Gasteiger partial charge in [-0.3, -0.25) is 14.9 Å². The van der Waals surface area contributed by atoms with Crippen molar-refractivity contribution in [2.75, 3.05) is 0 Å². The first-order valence-electron chi connectivity index (χ1n) is 6.15. The van der Waals surface area contributed by atoms with Crippen molar-refractivity contribution in [2.45, 2.75) is 10.6 Å². The third kappa shape index (κ3) is 3.47. The molecule has 0 saturated carbocycles. The molecule has 1 amide bonds. The summed E-state index contributed by atoms with van der Waals surface area (Å²) in [5, 5.41) is 10.6. The summed E-state index contributed by atoms with van der Waals surface area (Å²) in [6.45, 7) is 0. The molecule has 2 rings (SSSR count). The van der Waals surface area contributed by atoms with Crippen molar-refractivity contribution in [3.05, 3.63) is 69.8 Å². The molecular weight excluding hydrogens is 308 g/mol. The van der Waals surface area contributed by atoms with Gasteiger partial charge < -0.3 is 5.73 Å². The smallest absolute Gasteiger partial charge is 0.269 e. The Kier molecular flexibility index (Phi) is 4.22.